The van der Waals surface area contributed by atoms with Crippen LogP contribution in [-0.4, -0.2) is 0 Å². The summed E-state index contributed by atoms with van der Waals surface area (Å²) in [7, 11) is 0. The van der Waals surface area contributed by atoms with Gasteiger partial charge in [-0.15, -0.1) is 0 Å². The summed E-state index contributed by atoms with van der Waals surface area (Å²) >= 11 is 7.15. The fourth-order valence-electron chi connectivity index (χ4n) is 8.88. The molecule has 8 aromatic rings. The first-order chi connectivity index (χ1) is 23.7. The number of fused-ring (bicyclic) bond motifs is 11. The summed E-state index contributed by atoms with van der Waals surface area (Å²) < 4.78 is 0. The monoisotopic (exact) mass is 630 g/mol. The molecule has 1 heteroatoms. The molecule has 0 nitrogen and oxygen atoms in total. The van der Waals surface area contributed by atoms with E-state index in [4.69, 9.17) is 11.6 Å². The third-order valence-electron chi connectivity index (χ3n) is 10.9. The Hall–Kier alpha value is -5.43. The van der Waals surface area contributed by atoms with Gasteiger partial charge in [-0.25, -0.2) is 0 Å². The zero-order valence-corrected chi connectivity index (χ0v) is 27.1. The van der Waals surface area contributed by atoms with Crippen molar-refractivity contribution in [3.63, 3.8) is 0 Å². The molecule has 0 saturated carbocycles. The topological polar surface area (TPSA) is 0 Å². The fourth-order valence-corrected chi connectivity index (χ4v) is 9.15. The highest BCUT2D eigenvalue weighted by atomic mass is 35.5. The first kappa shape index (κ1) is 27.7. The molecule has 0 heterocycles. The molecule has 2 aliphatic carbocycles. The lowest BCUT2D eigenvalue weighted by molar-refractivity contribution is 0.762. The number of rotatable bonds is 2. The minimum atomic E-state index is -0.504. The number of aryl methyl sites for hydroxylation is 2. The van der Waals surface area contributed by atoms with Gasteiger partial charge < -0.3 is 0 Å². The molecule has 1 spiro atoms. The Morgan fingerprint density at radius 1 is 0.396 bits per heavy atom. The molecular formula is C47H31Cl. The Morgan fingerprint density at radius 2 is 0.958 bits per heavy atom. The van der Waals surface area contributed by atoms with E-state index < -0.39 is 5.41 Å². The summed E-state index contributed by atoms with van der Waals surface area (Å²) in [6, 6.07) is 60.7. The van der Waals surface area contributed by atoms with Crippen LogP contribution < -0.4 is 0 Å². The normalized spacial score (nSPS) is 15.9. The van der Waals surface area contributed by atoms with E-state index in [2.05, 4.69) is 158 Å². The van der Waals surface area contributed by atoms with Gasteiger partial charge in [-0.05, 0) is 108 Å². The summed E-state index contributed by atoms with van der Waals surface area (Å²) in [5.74, 6) is 0. The first-order valence-corrected chi connectivity index (χ1v) is 17.2. The summed E-state index contributed by atoms with van der Waals surface area (Å²) in [5, 5.41) is 5.90. The molecule has 48 heavy (non-hydrogen) atoms. The molecular weight excluding hydrogens is 600 g/mol. The molecule has 0 radical (unpaired) electrons. The third kappa shape index (κ3) is 3.84. The van der Waals surface area contributed by atoms with Crippen molar-refractivity contribution in [2.24, 2.45) is 0 Å². The average Bonchev–Trinajstić information content (AvgIpc) is 3.36. The average molecular weight is 631 g/mol. The molecule has 8 aromatic carbocycles. The van der Waals surface area contributed by atoms with Crippen molar-refractivity contribution >= 4 is 33.1 Å². The molecule has 1 atom stereocenters. The quantitative estimate of drug-likeness (QED) is 0.178. The van der Waals surface area contributed by atoms with Crippen molar-refractivity contribution in [1.82, 2.24) is 0 Å². The van der Waals surface area contributed by atoms with Gasteiger partial charge in [-0.2, -0.15) is 0 Å². The van der Waals surface area contributed by atoms with Crippen molar-refractivity contribution in [1.29, 1.82) is 0 Å². The summed E-state index contributed by atoms with van der Waals surface area (Å²) in [5.41, 5.74) is 15.0. The maximum atomic E-state index is 7.15. The second-order valence-corrected chi connectivity index (χ2v) is 13.7. The zero-order valence-electron chi connectivity index (χ0n) is 26.4. The van der Waals surface area contributed by atoms with Crippen LogP contribution in [0.3, 0.4) is 0 Å². The molecule has 0 saturated heterocycles. The fraction of sp³-hybridized carbons (Fsp3) is 0.0638. The highest BCUT2D eigenvalue weighted by molar-refractivity contribution is 6.34. The largest absolute Gasteiger partial charge is 0.0837 e. The lowest BCUT2D eigenvalue weighted by Crippen LogP contribution is -2.30. The van der Waals surface area contributed by atoms with Gasteiger partial charge in [-0.3, -0.25) is 0 Å². The highest BCUT2D eigenvalue weighted by Crippen LogP contribution is 2.60. The second-order valence-electron chi connectivity index (χ2n) is 13.3. The molecule has 2 aliphatic rings. The molecule has 0 amide bonds. The zero-order chi connectivity index (χ0) is 31.8. The van der Waals surface area contributed by atoms with Crippen LogP contribution in [-0.2, 0) is 18.3 Å². The van der Waals surface area contributed by atoms with E-state index in [1.54, 1.807) is 0 Å². The van der Waals surface area contributed by atoms with Gasteiger partial charge in [0.1, 0.15) is 0 Å². The van der Waals surface area contributed by atoms with E-state index in [1.165, 1.54) is 82.7 Å². The van der Waals surface area contributed by atoms with E-state index >= 15 is 0 Å². The van der Waals surface area contributed by atoms with Gasteiger partial charge in [0.25, 0.3) is 0 Å². The van der Waals surface area contributed by atoms with Crippen LogP contribution in [0.4, 0.5) is 0 Å². The Labute approximate surface area is 285 Å². The van der Waals surface area contributed by atoms with Crippen LogP contribution in [0.2, 0.25) is 5.02 Å². The van der Waals surface area contributed by atoms with Gasteiger partial charge in [-0.1, -0.05) is 163 Å². The summed E-state index contributed by atoms with van der Waals surface area (Å²) in [6.45, 7) is 0. The van der Waals surface area contributed by atoms with Crippen LogP contribution in [0, 0.1) is 0 Å². The van der Waals surface area contributed by atoms with Crippen LogP contribution in [0.15, 0.2) is 164 Å². The minimum Gasteiger partial charge on any atom is -0.0837 e. The van der Waals surface area contributed by atoms with Crippen molar-refractivity contribution in [2.45, 2.75) is 18.3 Å². The summed E-state index contributed by atoms with van der Waals surface area (Å²) in [6.07, 6.45) is 1.94. The maximum absolute atomic E-state index is 7.15. The Morgan fingerprint density at radius 3 is 1.73 bits per heavy atom. The number of benzene rings is 8. The van der Waals surface area contributed by atoms with Crippen molar-refractivity contribution in [3.8, 4) is 33.4 Å². The Kier molecular flexibility index (Phi) is 6.07. The van der Waals surface area contributed by atoms with Crippen LogP contribution >= 0.6 is 11.6 Å². The lowest BCUT2D eigenvalue weighted by atomic mass is 9.65. The molecule has 0 N–H and O–H groups in total. The van der Waals surface area contributed by atoms with E-state index in [0.29, 0.717) is 0 Å². The van der Waals surface area contributed by atoms with E-state index in [9.17, 15) is 0 Å². The van der Waals surface area contributed by atoms with Crippen LogP contribution in [0.25, 0.3) is 54.9 Å². The van der Waals surface area contributed by atoms with Gasteiger partial charge >= 0.3 is 0 Å². The number of halogens is 1. The van der Waals surface area contributed by atoms with Gasteiger partial charge in [0, 0.05) is 10.6 Å². The molecule has 0 bridgehead atoms. The molecule has 0 fully saturated rings. The van der Waals surface area contributed by atoms with Gasteiger partial charge in [0.05, 0.1) is 5.41 Å². The van der Waals surface area contributed by atoms with Gasteiger partial charge in [0.2, 0.25) is 0 Å². The van der Waals surface area contributed by atoms with Crippen molar-refractivity contribution in [3.05, 3.63) is 202 Å². The van der Waals surface area contributed by atoms with Crippen molar-refractivity contribution in [2.75, 3.05) is 0 Å². The first-order valence-electron chi connectivity index (χ1n) is 16.8. The van der Waals surface area contributed by atoms with Crippen LogP contribution in [0.1, 0.15) is 33.4 Å². The number of hydrogen-bond acceptors (Lipinski definition) is 0. The van der Waals surface area contributed by atoms with Gasteiger partial charge in [0.15, 0.2) is 0 Å². The predicted molar refractivity (Wildman–Crippen MR) is 202 cm³/mol. The Balaban J connectivity index is 1.29. The van der Waals surface area contributed by atoms with E-state index in [-0.39, 0.29) is 0 Å². The van der Waals surface area contributed by atoms with E-state index in [0.717, 1.165) is 23.4 Å². The second kappa shape index (κ2) is 10.5. The SMILES string of the molecule is Clc1cccc2c1-c1ccccc1C21c2ccc(-c3cccc4ccccc34)cc2CCc2ccc(-c3cccc4ccccc34)cc21. The third-order valence-corrected chi connectivity index (χ3v) is 11.2. The highest BCUT2D eigenvalue weighted by Gasteiger charge is 2.49. The molecule has 1 unspecified atom stereocenters. The Bertz CT molecular complexity index is 2580. The molecule has 226 valence electrons. The standard InChI is InChI=1S/C47H31Cl/c48-45-21-9-20-43-46(45)40-16-5-6-19-42(40)47(43)41-27-26-33(38-17-7-12-30-10-1-3-14-36(30)38)28-35(41)25-23-32-22-24-34(29-44(32)47)39-18-8-13-31-11-2-4-15-37(31)39/h1-22,24,26-29H,23,25H2. The maximum Gasteiger partial charge on any atom is 0.0719 e. The molecule has 0 aromatic heterocycles. The van der Waals surface area contributed by atoms with Crippen molar-refractivity contribution < 1.29 is 0 Å². The van der Waals surface area contributed by atoms with Crippen LogP contribution in [0.5, 0.6) is 0 Å². The predicted octanol–water partition coefficient (Wildman–Crippen LogP) is 12.4. The van der Waals surface area contributed by atoms with E-state index in [1.807, 2.05) is 6.07 Å². The lowest BCUT2D eigenvalue weighted by Gasteiger charge is -2.36. The smallest absolute Gasteiger partial charge is 0.0719 e. The summed E-state index contributed by atoms with van der Waals surface area (Å²) in [4.78, 5) is 0. The molecule has 0 aliphatic heterocycles. The minimum absolute atomic E-state index is 0.504. The molecule has 10 rings (SSSR count). The number of hydrogen-bond donors (Lipinski definition) is 0.